The summed E-state index contributed by atoms with van der Waals surface area (Å²) >= 11 is 3.52. The minimum atomic E-state index is 0.981. The first-order valence-electron chi connectivity index (χ1n) is 9.25. The molecule has 0 heterocycles. The lowest BCUT2D eigenvalue weighted by Gasteiger charge is -2.03. The van der Waals surface area contributed by atoms with Gasteiger partial charge in [0, 0.05) is 0 Å². The summed E-state index contributed by atoms with van der Waals surface area (Å²) in [6, 6.07) is 0. The molecule has 0 aliphatic heterocycles. The molecule has 0 aromatic rings. The third-order valence-corrected chi connectivity index (χ3v) is 5.86. The highest BCUT2D eigenvalue weighted by Gasteiger charge is 1.94. The van der Waals surface area contributed by atoms with Crippen LogP contribution in [-0.2, 0) is 0 Å². The van der Waals surface area contributed by atoms with Crippen LogP contribution in [0.15, 0.2) is 0 Å². The Morgan fingerprint density at radius 2 is 0.800 bits per heavy atom. The molecule has 1 atom stereocenters. The fourth-order valence-corrected chi connectivity index (χ4v) is 3.96. The number of hydrogen-bond acceptors (Lipinski definition) is 0. The Kier molecular flexibility index (Phi) is 20.8. The normalized spacial score (nSPS) is 11.7. The predicted molar refractivity (Wildman–Crippen MR) is 102 cm³/mol. The number of hydrogen-bond donors (Lipinski definition) is 0. The van der Waals surface area contributed by atoms with Crippen LogP contribution in [0.3, 0.4) is 0 Å². The summed E-state index contributed by atoms with van der Waals surface area (Å²) in [6.45, 7) is 2.30. The van der Waals surface area contributed by atoms with Gasteiger partial charge in [0.2, 0.25) is 0 Å². The van der Waals surface area contributed by atoms with E-state index in [1.165, 1.54) is 109 Å². The van der Waals surface area contributed by atoms with Crippen molar-refractivity contribution in [3.05, 3.63) is 0 Å². The van der Waals surface area contributed by atoms with Crippen LogP contribution in [0.4, 0.5) is 0 Å². The number of rotatable bonds is 17. The maximum Gasteiger partial charge on any atom is -0.0255 e. The van der Waals surface area contributed by atoms with Gasteiger partial charge in [0.05, 0.1) is 0 Å². The Morgan fingerprint density at radius 1 is 0.500 bits per heavy atom. The fourth-order valence-electron chi connectivity index (χ4n) is 2.74. The van der Waals surface area contributed by atoms with E-state index in [1.807, 2.05) is 0 Å². The van der Waals surface area contributed by atoms with Crippen LogP contribution in [0.1, 0.15) is 110 Å². The third kappa shape index (κ3) is 18.9. The van der Waals surface area contributed by atoms with E-state index < -0.39 is 0 Å². The highest BCUT2D eigenvalue weighted by Crippen LogP contribution is 2.21. The van der Waals surface area contributed by atoms with Gasteiger partial charge in [-0.05, 0) is 12.6 Å². The highest BCUT2D eigenvalue weighted by atomic mass is 79.9. The lowest BCUT2D eigenvalue weighted by atomic mass is 10.0. The molecule has 0 fully saturated rings. The summed E-state index contributed by atoms with van der Waals surface area (Å²) in [4.78, 5) is 0. The summed E-state index contributed by atoms with van der Waals surface area (Å²) in [7, 11) is 0.981. The molecule has 20 heavy (non-hydrogen) atoms. The van der Waals surface area contributed by atoms with Crippen LogP contribution in [0.5, 0.6) is 0 Å². The van der Waals surface area contributed by atoms with Crippen LogP contribution in [0, 0.1) is 0 Å². The zero-order valence-corrected chi connectivity index (χ0v) is 16.5. The van der Waals surface area contributed by atoms with Crippen LogP contribution < -0.4 is 0 Å². The largest absolute Gasteiger partial charge is 0.0654 e. The van der Waals surface area contributed by atoms with Crippen molar-refractivity contribution < 1.29 is 0 Å². The molecule has 0 amide bonds. The first-order chi connectivity index (χ1) is 9.91. The van der Waals surface area contributed by atoms with Gasteiger partial charge in [-0.15, -0.1) is 0 Å². The molecule has 0 nitrogen and oxygen atoms in total. The SMILES string of the molecule is CCCCCCCCCCCCCCCCCCPBr. The second-order valence-electron chi connectivity index (χ2n) is 6.19. The van der Waals surface area contributed by atoms with E-state index in [1.54, 1.807) is 0 Å². The predicted octanol–water partition coefficient (Wildman–Crippen LogP) is 8.24. The van der Waals surface area contributed by atoms with Gasteiger partial charge in [0.25, 0.3) is 0 Å². The van der Waals surface area contributed by atoms with E-state index >= 15 is 0 Å². The Balaban J connectivity index is 2.89. The van der Waals surface area contributed by atoms with Crippen molar-refractivity contribution in [3.8, 4) is 0 Å². The maximum atomic E-state index is 3.52. The van der Waals surface area contributed by atoms with Crippen molar-refractivity contribution in [1.29, 1.82) is 0 Å². The van der Waals surface area contributed by atoms with Crippen LogP contribution in [-0.4, -0.2) is 6.16 Å². The van der Waals surface area contributed by atoms with Crippen molar-refractivity contribution in [3.63, 3.8) is 0 Å². The first-order valence-corrected chi connectivity index (χ1v) is 12.7. The number of halogens is 1. The summed E-state index contributed by atoms with van der Waals surface area (Å²) < 4.78 is 0. The molecular weight excluding hydrogens is 327 g/mol. The second-order valence-corrected chi connectivity index (χ2v) is 8.64. The average Bonchev–Trinajstić information content (AvgIpc) is 2.47. The lowest BCUT2D eigenvalue weighted by Crippen LogP contribution is -1.83. The minimum absolute atomic E-state index is 0.981. The fraction of sp³-hybridized carbons (Fsp3) is 1.00. The Bertz CT molecular complexity index is 143. The van der Waals surface area contributed by atoms with Crippen molar-refractivity contribution in [2.24, 2.45) is 0 Å². The molecule has 0 aromatic carbocycles. The van der Waals surface area contributed by atoms with Gasteiger partial charge < -0.3 is 0 Å². The van der Waals surface area contributed by atoms with Crippen molar-refractivity contribution >= 4 is 22.8 Å². The van der Waals surface area contributed by atoms with Crippen LogP contribution in [0.25, 0.3) is 0 Å². The molecule has 0 aliphatic carbocycles. The zero-order valence-electron chi connectivity index (χ0n) is 13.9. The van der Waals surface area contributed by atoms with E-state index in [9.17, 15) is 0 Å². The van der Waals surface area contributed by atoms with Crippen molar-refractivity contribution in [2.45, 2.75) is 110 Å². The maximum absolute atomic E-state index is 3.52. The molecule has 0 spiro atoms. The van der Waals surface area contributed by atoms with Gasteiger partial charge >= 0.3 is 0 Å². The molecule has 1 unspecified atom stereocenters. The van der Waals surface area contributed by atoms with Gasteiger partial charge in [-0.25, -0.2) is 0 Å². The standard InChI is InChI=1S/C18H38BrP/c1-2-3-4-5-6-7-8-9-10-11-12-13-14-15-16-17-18-20-19/h20H,2-18H2,1H3. The molecular formula is C18H38BrP. The van der Waals surface area contributed by atoms with E-state index in [0.717, 1.165) is 7.28 Å². The highest BCUT2D eigenvalue weighted by molar-refractivity contribution is 9.36. The summed E-state index contributed by atoms with van der Waals surface area (Å²) in [5, 5.41) is 0. The first kappa shape index (κ1) is 20.9. The molecule has 0 rings (SSSR count). The molecule has 0 saturated heterocycles. The molecule has 2 heteroatoms. The molecule has 0 saturated carbocycles. The Morgan fingerprint density at radius 3 is 1.10 bits per heavy atom. The van der Waals surface area contributed by atoms with Crippen LogP contribution >= 0.6 is 22.8 Å². The van der Waals surface area contributed by atoms with Gasteiger partial charge in [0.1, 0.15) is 0 Å². The van der Waals surface area contributed by atoms with Crippen LogP contribution in [0.2, 0.25) is 0 Å². The van der Waals surface area contributed by atoms with E-state index in [0.29, 0.717) is 0 Å². The van der Waals surface area contributed by atoms with E-state index in [2.05, 4.69) is 22.4 Å². The molecule has 0 radical (unpaired) electrons. The smallest absolute Gasteiger partial charge is 0.0255 e. The Hall–Kier alpha value is 0.910. The summed E-state index contributed by atoms with van der Waals surface area (Å²) in [6.07, 6.45) is 24.8. The molecule has 0 N–H and O–H groups in total. The summed E-state index contributed by atoms with van der Waals surface area (Å²) in [5.74, 6) is 0. The van der Waals surface area contributed by atoms with Gasteiger partial charge in [-0.2, -0.15) is 0 Å². The lowest BCUT2D eigenvalue weighted by molar-refractivity contribution is 0.531. The minimum Gasteiger partial charge on any atom is -0.0654 e. The zero-order chi connectivity index (χ0) is 14.7. The summed E-state index contributed by atoms with van der Waals surface area (Å²) in [5.41, 5.74) is 0. The van der Waals surface area contributed by atoms with Gasteiger partial charge in [-0.3, -0.25) is 0 Å². The molecule has 0 bridgehead atoms. The average molecular weight is 365 g/mol. The topological polar surface area (TPSA) is 0 Å². The quantitative estimate of drug-likeness (QED) is 0.180. The van der Waals surface area contributed by atoms with E-state index in [-0.39, 0.29) is 0 Å². The molecule has 0 aromatic heterocycles. The molecule has 0 aliphatic rings. The van der Waals surface area contributed by atoms with Gasteiger partial charge in [0.15, 0.2) is 0 Å². The molecule has 122 valence electrons. The van der Waals surface area contributed by atoms with Crippen molar-refractivity contribution in [2.75, 3.05) is 6.16 Å². The van der Waals surface area contributed by atoms with E-state index in [4.69, 9.17) is 0 Å². The van der Waals surface area contributed by atoms with Crippen molar-refractivity contribution in [1.82, 2.24) is 0 Å². The third-order valence-electron chi connectivity index (χ3n) is 4.12. The number of unbranched alkanes of at least 4 members (excludes halogenated alkanes) is 15. The monoisotopic (exact) mass is 364 g/mol. The Labute approximate surface area is 138 Å². The second kappa shape index (κ2) is 19.9. The van der Waals surface area contributed by atoms with Gasteiger partial charge in [-0.1, -0.05) is 126 Å².